The van der Waals surface area contributed by atoms with Gasteiger partial charge >= 0.3 is 0 Å². The lowest BCUT2D eigenvalue weighted by atomic mass is 10.1. The Morgan fingerprint density at radius 3 is 3.12 bits per heavy atom. The van der Waals surface area contributed by atoms with Crippen LogP contribution in [0.2, 0.25) is 0 Å². The molecule has 1 aliphatic rings. The van der Waals surface area contributed by atoms with Gasteiger partial charge in [-0.1, -0.05) is 0 Å². The molecule has 0 spiro atoms. The summed E-state index contributed by atoms with van der Waals surface area (Å²) < 4.78 is 0. The molecule has 2 heterocycles. The van der Waals surface area contributed by atoms with E-state index in [1.54, 1.807) is 11.3 Å². The van der Waals surface area contributed by atoms with Gasteiger partial charge in [0, 0.05) is 22.8 Å². The molecule has 1 amide bonds. The summed E-state index contributed by atoms with van der Waals surface area (Å²) in [6.07, 6.45) is 3.18. The fourth-order valence-electron chi connectivity index (χ4n) is 1.94. The molecule has 16 heavy (non-hydrogen) atoms. The van der Waals surface area contributed by atoms with Crippen LogP contribution in [-0.2, 0) is 11.3 Å². The van der Waals surface area contributed by atoms with Gasteiger partial charge in [-0.2, -0.15) is 0 Å². The van der Waals surface area contributed by atoms with E-state index in [1.807, 2.05) is 0 Å². The molecule has 0 bridgehead atoms. The van der Waals surface area contributed by atoms with Gasteiger partial charge in [-0.05, 0) is 38.3 Å². The van der Waals surface area contributed by atoms with Gasteiger partial charge < -0.3 is 10.6 Å². The molecule has 0 saturated carbocycles. The van der Waals surface area contributed by atoms with Crippen molar-refractivity contribution >= 4 is 17.2 Å². The van der Waals surface area contributed by atoms with E-state index in [9.17, 15) is 4.79 Å². The Kier molecular flexibility index (Phi) is 3.96. The Bertz CT molecular complexity index is 362. The summed E-state index contributed by atoms with van der Waals surface area (Å²) in [5.74, 6) is 0.158. The Balaban J connectivity index is 1.86. The van der Waals surface area contributed by atoms with Crippen LogP contribution in [0.3, 0.4) is 0 Å². The molecule has 2 rings (SSSR count). The second kappa shape index (κ2) is 5.46. The predicted octanol–water partition coefficient (Wildman–Crippen LogP) is 1.81. The van der Waals surface area contributed by atoms with E-state index in [4.69, 9.17) is 0 Å². The smallest absolute Gasteiger partial charge is 0.237 e. The predicted molar refractivity (Wildman–Crippen MR) is 66.5 cm³/mol. The van der Waals surface area contributed by atoms with Crippen molar-refractivity contribution in [1.82, 2.24) is 10.6 Å². The van der Waals surface area contributed by atoms with Gasteiger partial charge in [0.2, 0.25) is 5.91 Å². The maximum atomic E-state index is 11.7. The van der Waals surface area contributed by atoms with Crippen LogP contribution in [-0.4, -0.2) is 18.5 Å². The molecular formula is C12H18N2OS. The van der Waals surface area contributed by atoms with Gasteiger partial charge in [0.1, 0.15) is 0 Å². The van der Waals surface area contributed by atoms with E-state index in [0.29, 0.717) is 0 Å². The summed E-state index contributed by atoms with van der Waals surface area (Å²) in [7, 11) is 0. The number of thiophene rings is 1. The minimum atomic E-state index is -0.00935. The van der Waals surface area contributed by atoms with Crippen molar-refractivity contribution in [3.8, 4) is 0 Å². The zero-order chi connectivity index (χ0) is 11.4. The second-order valence-electron chi connectivity index (χ2n) is 4.23. The Labute approximate surface area is 100 Å². The summed E-state index contributed by atoms with van der Waals surface area (Å²) in [4.78, 5) is 14.3. The number of aryl methyl sites for hydroxylation is 1. The van der Waals surface area contributed by atoms with Crippen LogP contribution in [0.15, 0.2) is 12.1 Å². The third kappa shape index (κ3) is 3.06. The average molecular weight is 238 g/mol. The summed E-state index contributed by atoms with van der Waals surface area (Å²) in [5.41, 5.74) is 0. The van der Waals surface area contributed by atoms with E-state index >= 15 is 0 Å². The average Bonchev–Trinajstić information content (AvgIpc) is 2.56. The maximum absolute atomic E-state index is 11.7. The molecular weight excluding hydrogens is 220 g/mol. The number of carbonyl (C=O) groups excluding carboxylic acids is 1. The van der Waals surface area contributed by atoms with Gasteiger partial charge in [0.05, 0.1) is 6.04 Å². The summed E-state index contributed by atoms with van der Waals surface area (Å²) in [6.45, 7) is 3.73. The van der Waals surface area contributed by atoms with Crippen molar-refractivity contribution in [2.45, 2.75) is 38.8 Å². The van der Waals surface area contributed by atoms with Crippen LogP contribution < -0.4 is 10.6 Å². The van der Waals surface area contributed by atoms with E-state index < -0.39 is 0 Å². The number of hydrogen-bond acceptors (Lipinski definition) is 3. The van der Waals surface area contributed by atoms with Crippen molar-refractivity contribution in [1.29, 1.82) is 0 Å². The lowest BCUT2D eigenvalue weighted by Gasteiger charge is -2.14. The topological polar surface area (TPSA) is 41.1 Å². The fourth-order valence-corrected chi connectivity index (χ4v) is 2.78. The monoisotopic (exact) mass is 238 g/mol. The SMILES string of the molecule is Cc1ccc(CNC2CCCCNC2=O)s1. The first-order chi connectivity index (χ1) is 7.75. The van der Waals surface area contributed by atoms with Crippen molar-refractivity contribution in [3.05, 3.63) is 21.9 Å². The quantitative estimate of drug-likeness (QED) is 0.843. The summed E-state index contributed by atoms with van der Waals surface area (Å²) in [6, 6.07) is 4.24. The van der Waals surface area contributed by atoms with Gasteiger partial charge in [-0.25, -0.2) is 0 Å². The minimum Gasteiger partial charge on any atom is -0.355 e. The van der Waals surface area contributed by atoms with Crippen LogP contribution in [0.25, 0.3) is 0 Å². The highest BCUT2D eigenvalue weighted by Gasteiger charge is 2.19. The van der Waals surface area contributed by atoms with E-state index in [-0.39, 0.29) is 11.9 Å². The van der Waals surface area contributed by atoms with Crippen LogP contribution >= 0.6 is 11.3 Å². The zero-order valence-corrected chi connectivity index (χ0v) is 10.4. The number of hydrogen-bond donors (Lipinski definition) is 2. The second-order valence-corrected chi connectivity index (χ2v) is 5.61. The molecule has 88 valence electrons. The van der Waals surface area contributed by atoms with E-state index in [1.165, 1.54) is 9.75 Å². The molecule has 1 aromatic heterocycles. The standard InChI is InChI=1S/C12H18N2OS/c1-9-5-6-10(16-9)8-14-11-4-2-3-7-13-12(11)15/h5-6,11,14H,2-4,7-8H2,1H3,(H,13,15). The fraction of sp³-hybridized carbons (Fsp3) is 0.583. The Morgan fingerprint density at radius 1 is 1.50 bits per heavy atom. The molecule has 1 aliphatic heterocycles. The van der Waals surface area contributed by atoms with Crippen molar-refractivity contribution in [2.75, 3.05) is 6.54 Å². The molecule has 1 unspecified atom stereocenters. The van der Waals surface area contributed by atoms with Gasteiger partial charge in [0.25, 0.3) is 0 Å². The molecule has 1 saturated heterocycles. The largest absolute Gasteiger partial charge is 0.355 e. The highest BCUT2D eigenvalue weighted by molar-refractivity contribution is 7.11. The minimum absolute atomic E-state index is 0.00935. The third-order valence-electron chi connectivity index (χ3n) is 2.85. The molecule has 0 aliphatic carbocycles. The van der Waals surface area contributed by atoms with Gasteiger partial charge in [-0.3, -0.25) is 4.79 Å². The molecule has 1 aromatic rings. The first-order valence-electron chi connectivity index (χ1n) is 5.82. The van der Waals surface area contributed by atoms with Crippen LogP contribution in [0, 0.1) is 6.92 Å². The summed E-state index contributed by atoms with van der Waals surface area (Å²) >= 11 is 1.79. The first-order valence-corrected chi connectivity index (χ1v) is 6.64. The molecule has 4 heteroatoms. The summed E-state index contributed by atoms with van der Waals surface area (Å²) in [5, 5.41) is 6.28. The molecule has 1 atom stereocenters. The van der Waals surface area contributed by atoms with Crippen molar-refractivity contribution in [2.24, 2.45) is 0 Å². The highest BCUT2D eigenvalue weighted by Crippen LogP contribution is 2.15. The number of nitrogens with one attached hydrogen (secondary N) is 2. The number of carbonyl (C=O) groups is 1. The molecule has 2 N–H and O–H groups in total. The maximum Gasteiger partial charge on any atom is 0.237 e. The van der Waals surface area contributed by atoms with Gasteiger partial charge in [0.15, 0.2) is 0 Å². The van der Waals surface area contributed by atoms with Crippen LogP contribution in [0.5, 0.6) is 0 Å². The van der Waals surface area contributed by atoms with E-state index in [0.717, 1.165) is 32.4 Å². The molecule has 1 fully saturated rings. The van der Waals surface area contributed by atoms with E-state index in [2.05, 4.69) is 29.7 Å². The lowest BCUT2D eigenvalue weighted by molar-refractivity contribution is -0.122. The van der Waals surface area contributed by atoms with Crippen LogP contribution in [0.1, 0.15) is 29.0 Å². The normalized spacial score (nSPS) is 21.6. The molecule has 0 radical (unpaired) electrons. The molecule has 3 nitrogen and oxygen atoms in total. The number of amides is 1. The van der Waals surface area contributed by atoms with Crippen molar-refractivity contribution < 1.29 is 4.79 Å². The lowest BCUT2D eigenvalue weighted by Crippen LogP contribution is -2.42. The van der Waals surface area contributed by atoms with Crippen molar-refractivity contribution in [3.63, 3.8) is 0 Å². The van der Waals surface area contributed by atoms with Crippen LogP contribution in [0.4, 0.5) is 0 Å². The third-order valence-corrected chi connectivity index (χ3v) is 3.85. The zero-order valence-electron chi connectivity index (χ0n) is 9.58. The number of rotatable bonds is 3. The van der Waals surface area contributed by atoms with Gasteiger partial charge in [-0.15, -0.1) is 11.3 Å². The Hall–Kier alpha value is -0.870. The Morgan fingerprint density at radius 2 is 2.38 bits per heavy atom. The molecule has 0 aromatic carbocycles. The highest BCUT2D eigenvalue weighted by atomic mass is 32.1. The first kappa shape index (κ1) is 11.6.